The quantitative estimate of drug-likeness (QED) is 0.796. The molecule has 0 aliphatic rings. The highest BCUT2D eigenvalue weighted by Crippen LogP contribution is 2.12. The number of ether oxygens (including phenoxy) is 1. The molecule has 0 fully saturated rings. The van der Waals surface area contributed by atoms with Crippen molar-refractivity contribution >= 4 is 17.6 Å². The first-order valence-electron chi connectivity index (χ1n) is 7.05. The summed E-state index contributed by atoms with van der Waals surface area (Å²) in [7, 11) is 1.65. The molecule has 0 atom stereocenters. The number of carbonyl (C=O) groups excluding carboxylic acids is 2. The molecule has 1 heterocycles. The first-order valence-corrected chi connectivity index (χ1v) is 7.05. The lowest BCUT2D eigenvalue weighted by Crippen LogP contribution is -2.31. The highest BCUT2D eigenvalue weighted by molar-refractivity contribution is 5.97. The van der Waals surface area contributed by atoms with E-state index in [2.05, 4.69) is 4.98 Å². The molecule has 0 spiro atoms. The molecule has 5 heteroatoms. The number of hydrogen-bond donors (Lipinski definition) is 0. The van der Waals surface area contributed by atoms with E-state index in [1.807, 2.05) is 37.3 Å². The van der Waals surface area contributed by atoms with Gasteiger partial charge in [0.1, 0.15) is 0 Å². The van der Waals surface area contributed by atoms with E-state index < -0.39 is 5.97 Å². The van der Waals surface area contributed by atoms with Crippen molar-refractivity contribution in [2.75, 3.05) is 18.6 Å². The number of nitrogens with zero attached hydrogens (tertiary/aromatic N) is 2. The standard InChI is InChI=1S/C17H18N2O3/c1-3-13-11-18-10-9-15(13)17(21)22-12-16(20)19(2)14-7-5-4-6-8-14/h4-11H,3,12H2,1-2H3. The van der Waals surface area contributed by atoms with Gasteiger partial charge in [-0.1, -0.05) is 25.1 Å². The minimum Gasteiger partial charge on any atom is -0.452 e. The van der Waals surface area contributed by atoms with Crippen LogP contribution in [0.1, 0.15) is 22.8 Å². The van der Waals surface area contributed by atoms with Crippen LogP contribution in [0.15, 0.2) is 48.8 Å². The number of amides is 1. The van der Waals surface area contributed by atoms with Crippen molar-refractivity contribution < 1.29 is 14.3 Å². The lowest BCUT2D eigenvalue weighted by atomic mass is 10.1. The molecule has 114 valence electrons. The van der Waals surface area contributed by atoms with Crippen molar-refractivity contribution in [1.29, 1.82) is 0 Å². The van der Waals surface area contributed by atoms with Gasteiger partial charge in [0.25, 0.3) is 5.91 Å². The summed E-state index contributed by atoms with van der Waals surface area (Å²) in [6.45, 7) is 1.64. The zero-order chi connectivity index (χ0) is 15.9. The highest BCUT2D eigenvalue weighted by atomic mass is 16.5. The van der Waals surface area contributed by atoms with Crippen LogP contribution in [0.25, 0.3) is 0 Å². The van der Waals surface area contributed by atoms with Gasteiger partial charge in [-0.05, 0) is 30.2 Å². The summed E-state index contributed by atoms with van der Waals surface area (Å²) >= 11 is 0. The maximum Gasteiger partial charge on any atom is 0.339 e. The maximum atomic E-state index is 12.1. The Morgan fingerprint density at radius 2 is 1.91 bits per heavy atom. The monoisotopic (exact) mass is 298 g/mol. The second kappa shape index (κ2) is 7.36. The minimum absolute atomic E-state index is 0.286. The SMILES string of the molecule is CCc1cnccc1C(=O)OCC(=O)N(C)c1ccccc1. The van der Waals surface area contributed by atoms with E-state index in [1.54, 1.807) is 19.3 Å². The van der Waals surface area contributed by atoms with Crippen molar-refractivity contribution in [3.8, 4) is 0 Å². The largest absolute Gasteiger partial charge is 0.452 e. The summed E-state index contributed by atoms with van der Waals surface area (Å²) in [4.78, 5) is 29.6. The van der Waals surface area contributed by atoms with Gasteiger partial charge in [0, 0.05) is 25.1 Å². The fourth-order valence-corrected chi connectivity index (χ4v) is 2.01. The molecule has 1 aromatic heterocycles. The molecule has 22 heavy (non-hydrogen) atoms. The number of aromatic nitrogens is 1. The predicted molar refractivity (Wildman–Crippen MR) is 83.7 cm³/mol. The number of rotatable bonds is 5. The number of hydrogen-bond acceptors (Lipinski definition) is 4. The lowest BCUT2D eigenvalue weighted by molar-refractivity contribution is -0.121. The van der Waals surface area contributed by atoms with Crippen LogP contribution in [0.5, 0.6) is 0 Å². The minimum atomic E-state index is -0.505. The molecule has 5 nitrogen and oxygen atoms in total. The summed E-state index contributed by atoms with van der Waals surface area (Å²) in [6, 6.07) is 10.8. The van der Waals surface area contributed by atoms with Gasteiger partial charge >= 0.3 is 5.97 Å². The van der Waals surface area contributed by atoms with Crippen LogP contribution in [0, 0.1) is 0 Å². The van der Waals surface area contributed by atoms with E-state index in [-0.39, 0.29) is 12.5 Å². The molecule has 2 aromatic rings. The average molecular weight is 298 g/mol. The molecule has 2 rings (SSSR count). The smallest absolute Gasteiger partial charge is 0.339 e. The first-order chi connectivity index (χ1) is 10.6. The topological polar surface area (TPSA) is 59.5 Å². The number of para-hydroxylation sites is 1. The van der Waals surface area contributed by atoms with Crippen LogP contribution >= 0.6 is 0 Å². The third kappa shape index (κ3) is 3.69. The van der Waals surface area contributed by atoms with Gasteiger partial charge in [0.2, 0.25) is 0 Å². The van der Waals surface area contributed by atoms with E-state index in [0.29, 0.717) is 12.0 Å². The lowest BCUT2D eigenvalue weighted by Gasteiger charge is -2.17. The number of esters is 1. The van der Waals surface area contributed by atoms with Crippen molar-refractivity contribution in [3.63, 3.8) is 0 Å². The Morgan fingerprint density at radius 1 is 1.18 bits per heavy atom. The van der Waals surface area contributed by atoms with Crippen molar-refractivity contribution in [3.05, 3.63) is 59.9 Å². The molecule has 0 saturated heterocycles. The van der Waals surface area contributed by atoms with Crippen LogP contribution < -0.4 is 4.90 Å². The Bertz CT molecular complexity index is 656. The Labute approximate surface area is 129 Å². The number of likely N-dealkylation sites (N-methyl/N-ethyl adjacent to an activating group) is 1. The van der Waals surface area contributed by atoms with Gasteiger partial charge in [-0.2, -0.15) is 0 Å². The van der Waals surface area contributed by atoms with E-state index in [1.165, 1.54) is 11.1 Å². The second-order valence-electron chi connectivity index (χ2n) is 4.75. The summed E-state index contributed by atoms with van der Waals surface area (Å²) in [5, 5.41) is 0. The first kappa shape index (κ1) is 15.7. The van der Waals surface area contributed by atoms with Crippen molar-refractivity contribution in [1.82, 2.24) is 4.98 Å². The fourth-order valence-electron chi connectivity index (χ4n) is 2.01. The summed E-state index contributed by atoms with van der Waals surface area (Å²) in [5.41, 5.74) is 2.01. The molecule has 0 bridgehead atoms. The Hall–Kier alpha value is -2.69. The van der Waals surface area contributed by atoms with Crippen molar-refractivity contribution in [2.24, 2.45) is 0 Å². The van der Waals surface area contributed by atoms with Crippen LogP contribution in [-0.4, -0.2) is 30.5 Å². The van der Waals surface area contributed by atoms with Gasteiger partial charge in [-0.25, -0.2) is 4.79 Å². The van der Waals surface area contributed by atoms with Crippen LogP contribution in [-0.2, 0) is 16.0 Å². The van der Waals surface area contributed by atoms with Crippen LogP contribution in [0.4, 0.5) is 5.69 Å². The van der Waals surface area contributed by atoms with Gasteiger partial charge in [-0.3, -0.25) is 9.78 Å². The second-order valence-corrected chi connectivity index (χ2v) is 4.75. The van der Waals surface area contributed by atoms with E-state index >= 15 is 0 Å². The number of pyridine rings is 1. The number of benzene rings is 1. The number of carbonyl (C=O) groups is 2. The number of anilines is 1. The molecule has 0 unspecified atom stereocenters. The third-order valence-electron chi connectivity index (χ3n) is 3.35. The summed E-state index contributed by atoms with van der Waals surface area (Å²) in [6.07, 6.45) is 3.85. The summed E-state index contributed by atoms with van der Waals surface area (Å²) in [5.74, 6) is -0.791. The molecule has 0 N–H and O–H groups in total. The van der Waals surface area contributed by atoms with E-state index in [9.17, 15) is 9.59 Å². The zero-order valence-corrected chi connectivity index (χ0v) is 12.7. The normalized spacial score (nSPS) is 10.1. The molecule has 1 amide bonds. The average Bonchev–Trinajstić information content (AvgIpc) is 2.59. The van der Waals surface area contributed by atoms with Gasteiger partial charge < -0.3 is 9.64 Å². The Morgan fingerprint density at radius 3 is 2.59 bits per heavy atom. The molecular formula is C17H18N2O3. The molecular weight excluding hydrogens is 280 g/mol. The molecule has 0 saturated carbocycles. The van der Waals surface area contributed by atoms with Gasteiger partial charge in [0.15, 0.2) is 6.61 Å². The Balaban J connectivity index is 1.97. The summed E-state index contributed by atoms with van der Waals surface area (Å²) < 4.78 is 5.12. The van der Waals surface area contributed by atoms with Crippen LogP contribution in [0.2, 0.25) is 0 Å². The fraction of sp³-hybridized carbons (Fsp3) is 0.235. The maximum absolute atomic E-state index is 12.1. The number of aryl methyl sites for hydroxylation is 1. The van der Waals surface area contributed by atoms with Crippen molar-refractivity contribution in [2.45, 2.75) is 13.3 Å². The van der Waals surface area contributed by atoms with E-state index in [0.717, 1.165) is 11.3 Å². The molecule has 0 aliphatic carbocycles. The molecule has 0 aliphatic heterocycles. The zero-order valence-electron chi connectivity index (χ0n) is 12.7. The highest BCUT2D eigenvalue weighted by Gasteiger charge is 2.16. The Kier molecular flexibility index (Phi) is 5.25. The van der Waals surface area contributed by atoms with Gasteiger partial charge in [-0.15, -0.1) is 0 Å². The van der Waals surface area contributed by atoms with E-state index in [4.69, 9.17) is 4.74 Å². The third-order valence-corrected chi connectivity index (χ3v) is 3.35. The van der Waals surface area contributed by atoms with Gasteiger partial charge in [0.05, 0.1) is 5.56 Å². The molecule has 1 aromatic carbocycles. The predicted octanol–water partition coefficient (Wildman–Crippen LogP) is 2.46. The molecule has 0 radical (unpaired) electrons. The van der Waals surface area contributed by atoms with Crippen LogP contribution in [0.3, 0.4) is 0 Å².